The van der Waals surface area contributed by atoms with E-state index in [-0.39, 0.29) is 11.9 Å². The van der Waals surface area contributed by atoms with Crippen molar-refractivity contribution in [2.75, 3.05) is 13.1 Å². The van der Waals surface area contributed by atoms with E-state index in [1.54, 1.807) is 17.4 Å². The molecule has 7 heteroatoms. The smallest absolute Gasteiger partial charge is 0.339 e. The average Bonchev–Trinajstić information content (AvgIpc) is 3.26. The SMILES string of the molecule is O=C1CC[C@H](CCNCc2cccc(C(F)(F)F)c2)N1CCc1cccs1. The van der Waals surface area contributed by atoms with E-state index in [4.69, 9.17) is 0 Å². The Hall–Kier alpha value is -1.86. The van der Waals surface area contributed by atoms with Crippen molar-refractivity contribution in [2.45, 2.75) is 44.4 Å². The van der Waals surface area contributed by atoms with Crippen LogP contribution in [0.4, 0.5) is 13.2 Å². The number of halogens is 3. The van der Waals surface area contributed by atoms with Gasteiger partial charge in [-0.05, 0) is 48.9 Å². The highest BCUT2D eigenvalue weighted by molar-refractivity contribution is 7.09. The number of thiophene rings is 1. The third-order valence-corrected chi connectivity index (χ3v) is 5.81. The van der Waals surface area contributed by atoms with Gasteiger partial charge in [-0.1, -0.05) is 24.3 Å². The number of carbonyl (C=O) groups excluding carboxylic acids is 1. The topological polar surface area (TPSA) is 32.3 Å². The molecule has 1 atom stereocenters. The molecule has 1 N–H and O–H groups in total. The van der Waals surface area contributed by atoms with Gasteiger partial charge in [-0.25, -0.2) is 0 Å². The molecular weight excluding hydrogens is 373 g/mol. The normalized spacial score (nSPS) is 17.7. The van der Waals surface area contributed by atoms with Crippen molar-refractivity contribution in [2.24, 2.45) is 0 Å². The molecule has 0 spiro atoms. The lowest BCUT2D eigenvalue weighted by molar-refractivity contribution is -0.137. The Labute approximate surface area is 161 Å². The summed E-state index contributed by atoms with van der Waals surface area (Å²) in [6.07, 6.45) is -1.19. The molecule has 3 nitrogen and oxygen atoms in total. The Bertz CT molecular complexity index is 746. The molecule has 1 aliphatic heterocycles. The zero-order valence-corrected chi connectivity index (χ0v) is 15.8. The lowest BCUT2D eigenvalue weighted by atomic mass is 10.1. The molecule has 0 unspecified atom stereocenters. The fourth-order valence-electron chi connectivity index (χ4n) is 3.45. The van der Waals surface area contributed by atoms with Gasteiger partial charge in [0.15, 0.2) is 0 Å². The maximum Gasteiger partial charge on any atom is 0.416 e. The maximum absolute atomic E-state index is 12.8. The van der Waals surface area contributed by atoms with E-state index in [2.05, 4.69) is 11.4 Å². The molecule has 2 heterocycles. The van der Waals surface area contributed by atoms with Crippen LogP contribution >= 0.6 is 11.3 Å². The average molecular weight is 396 g/mol. The van der Waals surface area contributed by atoms with Gasteiger partial charge >= 0.3 is 6.18 Å². The quantitative estimate of drug-likeness (QED) is 0.668. The second-order valence-electron chi connectivity index (χ2n) is 6.77. The number of carbonyl (C=O) groups is 1. The first kappa shape index (κ1) is 19.9. The van der Waals surface area contributed by atoms with Crippen molar-refractivity contribution >= 4 is 17.2 Å². The molecule has 2 aromatic rings. The summed E-state index contributed by atoms with van der Waals surface area (Å²) < 4.78 is 38.3. The highest BCUT2D eigenvalue weighted by Gasteiger charge is 2.31. The third-order valence-electron chi connectivity index (χ3n) is 4.87. The van der Waals surface area contributed by atoms with E-state index in [9.17, 15) is 18.0 Å². The van der Waals surface area contributed by atoms with Gasteiger partial charge in [-0.3, -0.25) is 4.79 Å². The van der Waals surface area contributed by atoms with Gasteiger partial charge in [0.25, 0.3) is 0 Å². The molecule has 0 aliphatic carbocycles. The molecule has 1 aromatic heterocycles. The minimum Gasteiger partial charge on any atom is -0.339 e. The Morgan fingerprint density at radius 3 is 2.81 bits per heavy atom. The van der Waals surface area contributed by atoms with E-state index in [0.29, 0.717) is 25.1 Å². The molecular formula is C20H23F3N2OS. The minimum absolute atomic E-state index is 0.203. The summed E-state index contributed by atoms with van der Waals surface area (Å²) in [5.41, 5.74) is -0.00943. The van der Waals surface area contributed by atoms with E-state index < -0.39 is 11.7 Å². The molecule has 0 radical (unpaired) electrons. The number of nitrogens with zero attached hydrogens (tertiary/aromatic N) is 1. The second-order valence-corrected chi connectivity index (χ2v) is 7.80. The molecule has 1 aromatic carbocycles. The number of likely N-dealkylation sites (tertiary alicyclic amines) is 1. The summed E-state index contributed by atoms with van der Waals surface area (Å²) in [6, 6.07) is 9.69. The van der Waals surface area contributed by atoms with E-state index >= 15 is 0 Å². The maximum atomic E-state index is 12.8. The van der Waals surface area contributed by atoms with Gasteiger partial charge in [0.2, 0.25) is 5.91 Å². The van der Waals surface area contributed by atoms with Crippen molar-refractivity contribution in [3.8, 4) is 0 Å². The number of hydrogen-bond donors (Lipinski definition) is 1. The molecule has 1 fully saturated rings. The van der Waals surface area contributed by atoms with Gasteiger partial charge in [0.1, 0.15) is 0 Å². The molecule has 146 valence electrons. The van der Waals surface area contributed by atoms with Gasteiger partial charge in [-0.2, -0.15) is 13.2 Å². The summed E-state index contributed by atoms with van der Waals surface area (Å²) in [5, 5.41) is 5.25. The van der Waals surface area contributed by atoms with Gasteiger partial charge in [0.05, 0.1) is 5.56 Å². The first-order chi connectivity index (χ1) is 12.9. The predicted octanol–water partition coefficient (Wildman–Crippen LogP) is 4.48. The lowest BCUT2D eigenvalue weighted by Crippen LogP contribution is -2.36. The van der Waals surface area contributed by atoms with Crippen LogP contribution in [0.25, 0.3) is 0 Å². The Balaban J connectivity index is 1.44. The highest BCUT2D eigenvalue weighted by atomic mass is 32.1. The Kier molecular flexibility index (Phi) is 6.55. The molecule has 1 amide bonds. The fourth-order valence-corrected chi connectivity index (χ4v) is 4.14. The monoisotopic (exact) mass is 396 g/mol. The number of amides is 1. The number of nitrogens with one attached hydrogen (secondary N) is 1. The van der Waals surface area contributed by atoms with Crippen LogP contribution in [0.2, 0.25) is 0 Å². The zero-order valence-electron chi connectivity index (χ0n) is 15.0. The number of hydrogen-bond acceptors (Lipinski definition) is 3. The van der Waals surface area contributed by atoms with Crippen LogP contribution in [0.3, 0.4) is 0 Å². The number of alkyl halides is 3. The van der Waals surface area contributed by atoms with Crippen molar-refractivity contribution in [3.63, 3.8) is 0 Å². The Morgan fingerprint density at radius 2 is 2.07 bits per heavy atom. The third kappa shape index (κ3) is 5.56. The predicted molar refractivity (Wildman–Crippen MR) is 101 cm³/mol. The largest absolute Gasteiger partial charge is 0.416 e. The molecule has 1 saturated heterocycles. The lowest BCUT2D eigenvalue weighted by Gasteiger charge is -2.25. The summed E-state index contributed by atoms with van der Waals surface area (Å²) in [6.45, 7) is 1.79. The van der Waals surface area contributed by atoms with E-state index in [1.165, 1.54) is 17.0 Å². The van der Waals surface area contributed by atoms with E-state index in [0.717, 1.165) is 31.9 Å². The first-order valence-corrected chi connectivity index (χ1v) is 10.00. The van der Waals surface area contributed by atoms with Crippen LogP contribution in [-0.4, -0.2) is 29.9 Å². The van der Waals surface area contributed by atoms with Gasteiger partial charge < -0.3 is 10.2 Å². The van der Waals surface area contributed by atoms with Gasteiger partial charge in [-0.15, -0.1) is 11.3 Å². The van der Waals surface area contributed by atoms with Crippen molar-refractivity contribution in [1.29, 1.82) is 0 Å². The van der Waals surface area contributed by atoms with Crippen LogP contribution in [0.15, 0.2) is 41.8 Å². The van der Waals surface area contributed by atoms with Crippen molar-refractivity contribution in [3.05, 3.63) is 57.8 Å². The molecule has 3 rings (SSSR count). The molecule has 0 bridgehead atoms. The van der Waals surface area contributed by atoms with Crippen LogP contribution in [0, 0.1) is 0 Å². The van der Waals surface area contributed by atoms with E-state index in [1.807, 2.05) is 16.3 Å². The standard InChI is InChI=1S/C20H23F3N2OS/c21-20(22,23)16-4-1-3-15(13-16)14-24-10-8-17-6-7-19(26)25(17)11-9-18-5-2-12-27-18/h1-5,12-13,17,24H,6-11,14H2/t17-/m1/s1. The molecule has 0 saturated carbocycles. The molecule has 27 heavy (non-hydrogen) atoms. The fraction of sp³-hybridized carbons (Fsp3) is 0.450. The second kappa shape index (κ2) is 8.89. The summed E-state index contributed by atoms with van der Waals surface area (Å²) in [4.78, 5) is 15.4. The van der Waals surface area contributed by atoms with Crippen LogP contribution < -0.4 is 5.32 Å². The number of benzene rings is 1. The minimum atomic E-state index is -4.32. The van der Waals surface area contributed by atoms with Crippen molar-refractivity contribution < 1.29 is 18.0 Å². The summed E-state index contributed by atoms with van der Waals surface area (Å²) >= 11 is 1.70. The first-order valence-electron chi connectivity index (χ1n) is 9.12. The Morgan fingerprint density at radius 1 is 1.22 bits per heavy atom. The van der Waals surface area contributed by atoms with Crippen molar-refractivity contribution in [1.82, 2.24) is 10.2 Å². The molecule has 1 aliphatic rings. The van der Waals surface area contributed by atoms with Crippen LogP contribution in [0.1, 0.15) is 35.3 Å². The van der Waals surface area contributed by atoms with Crippen LogP contribution in [0.5, 0.6) is 0 Å². The summed E-state index contributed by atoms with van der Waals surface area (Å²) in [5.74, 6) is 0.203. The highest BCUT2D eigenvalue weighted by Crippen LogP contribution is 2.29. The van der Waals surface area contributed by atoms with Gasteiger partial charge in [0, 0.05) is 30.4 Å². The van der Waals surface area contributed by atoms with Crippen LogP contribution in [-0.2, 0) is 23.9 Å². The zero-order chi connectivity index (χ0) is 19.3. The summed E-state index contributed by atoms with van der Waals surface area (Å²) in [7, 11) is 0. The number of rotatable bonds is 8.